The Hall–Kier alpha value is -0.810. The number of rotatable bonds is 6. The van der Waals surface area contributed by atoms with E-state index in [-0.39, 0.29) is 6.61 Å². The Balaban J connectivity index is 2.01. The molecule has 1 aromatic rings. The van der Waals surface area contributed by atoms with Gasteiger partial charge in [0, 0.05) is 38.8 Å². The summed E-state index contributed by atoms with van der Waals surface area (Å²) in [7, 11) is 0. The smallest absolute Gasteiger partial charge is 0.0642 e. The van der Waals surface area contributed by atoms with E-state index in [0.29, 0.717) is 6.04 Å². The number of nitrogens with zero attached hydrogens (tertiary/aromatic N) is 2. The Morgan fingerprint density at radius 1 is 1.29 bits per heavy atom. The van der Waals surface area contributed by atoms with Crippen LogP contribution in [-0.2, 0) is 0 Å². The van der Waals surface area contributed by atoms with Crippen LogP contribution in [0.25, 0.3) is 0 Å². The van der Waals surface area contributed by atoms with Gasteiger partial charge in [-0.15, -0.1) is 0 Å². The monoisotopic (exact) mass is 311 g/mol. The Morgan fingerprint density at radius 3 is 2.57 bits per heavy atom. The predicted molar refractivity (Wildman–Crippen MR) is 89.3 cm³/mol. The number of hydrogen-bond donors (Lipinski definition) is 2. The third kappa shape index (κ3) is 4.33. The molecule has 1 atom stereocenters. The topological polar surface area (TPSA) is 38.7 Å². The minimum Gasteiger partial charge on any atom is -0.395 e. The minimum absolute atomic E-state index is 0.234. The number of aliphatic hydroxyl groups excluding tert-OH is 1. The molecule has 2 rings (SSSR count). The van der Waals surface area contributed by atoms with E-state index in [2.05, 4.69) is 47.2 Å². The van der Waals surface area contributed by atoms with Crippen LogP contribution in [0.1, 0.15) is 25.5 Å². The lowest BCUT2D eigenvalue weighted by atomic mass is 10.1. The number of anilines is 1. The maximum absolute atomic E-state index is 8.99. The quantitative estimate of drug-likeness (QED) is 0.844. The van der Waals surface area contributed by atoms with Crippen LogP contribution in [0.4, 0.5) is 5.69 Å². The van der Waals surface area contributed by atoms with E-state index in [4.69, 9.17) is 16.7 Å². The molecule has 1 unspecified atom stereocenters. The third-order valence-corrected chi connectivity index (χ3v) is 4.41. The van der Waals surface area contributed by atoms with Gasteiger partial charge in [0.05, 0.1) is 17.3 Å². The van der Waals surface area contributed by atoms with Crippen molar-refractivity contribution in [3.63, 3.8) is 0 Å². The molecular weight excluding hydrogens is 286 g/mol. The van der Waals surface area contributed by atoms with Gasteiger partial charge in [-0.05, 0) is 31.2 Å². The summed E-state index contributed by atoms with van der Waals surface area (Å²) in [5.41, 5.74) is 2.34. The highest BCUT2D eigenvalue weighted by molar-refractivity contribution is 6.33. The summed E-state index contributed by atoms with van der Waals surface area (Å²) < 4.78 is 0. The van der Waals surface area contributed by atoms with Gasteiger partial charge in [-0.2, -0.15) is 0 Å². The normalized spacial score (nSPS) is 18.0. The molecule has 118 valence electrons. The van der Waals surface area contributed by atoms with E-state index in [1.54, 1.807) is 0 Å². The van der Waals surface area contributed by atoms with Gasteiger partial charge in [-0.25, -0.2) is 0 Å². The molecule has 5 heteroatoms. The maximum Gasteiger partial charge on any atom is 0.0642 e. The molecular formula is C16H26ClN3O. The Kier molecular flexibility index (Phi) is 6.30. The van der Waals surface area contributed by atoms with E-state index < -0.39 is 0 Å². The second-order valence-corrected chi connectivity index (χ2v) is 5.95. The molecule has 0 aromatic heterocycles. The standard InChI is InChI=1S/C16H26ClN3O/c1-3-18-13(2)14-4-5-16(15(17)12-14)20-8-6-19(7-9-20)10-11-21/h4-5,12-13,18,21H,3,6-11H2,1-2H3. The molecule has 0 spiro atoms. The fourth-order valence-corrected chi connectivity index (χ4v) is 3.14. The molecule has 0 saturated carbocycles. The number of benzene rings is 1. The molecule has 1 aliphatic heterocycles. The zero-order chi connectivity index (χ0) is 15.2. The van der Waals surface area contributed by atoms with Crippen LogP contribution >= 0.6 is 11.6 Å². The molecule has 1 fully saturated rings. The highest BCUT2D eigenvalue weighted by Crippen LogP contribution is 2.29. The summed E-state index contributed by atoms with van der Waals surface area (Å²) in [5, 5.41) is 13.2. The first-order valence-electron chi connectivity index (χ1n) is 7.76. The maximum atomic E-state index is 8.99. The number of aliphatic hydroxyl groups is 1. The molecule has 0 amide bonds. The van der Waals surface area contributed by atoms with Gasteiger partial charge >= 0.3 is 0 Å². The van der Waals surface area contributed by atoms with Gasteiger partial charge < -0.3 is 15.3 Å². The van der Waals surface area contributed by atoms with Gasteiger partial charge in [0.15, 0.2) is 0 Å². The Morgan fingerprint density at radius 2 is 2.00 bits per heavy atom. The highest BCUT2D eigenvalue weighted by atomic mass is 35.5. The van der Waals surface area contributed by atoms with E-state index >= 15 is 0 Å². The summed E-state index contributed by atoms with van der Waals surface area (Å²) >= 11 is 6.48. The van der Waals surface area contributed by atoms with Gasteiger partial charge in [0.2, 0.25) is 0 Å². The van der Waals surface area contributed by atoms with Crippen molar-refractivity contribution in [2.24, 2.45) is 0 Å². The molecule has 1 saturated heterocycles. The van der Waals surface area contributed by atoms with Crippen LogP contribution in [0.2, 0.25) is 5.02 Å². The largest absolute Gasteiger partial charge is 0.395 e. The van der Waals surface area contributed by atoms with Crippen molar-refractivity contribution in [3.05, 3.63) is 28.8 Å². The SMILES string of the molecule is CCNC(C)c1ccc(N2CCN(CCO)CC2)c(Cl)c1. The zero-order valence-electron chi connectivity index (χ0n) is 13.0. The van der Waals surface area contributed by atoms with E-state index in [1.807, 2.05) is 0 Å². The number of β-amino-alcohol motifs (C(OH)–C–C–N with tert-alkyl or cyclic N) is 1. The van der Waals surface area contributed by atoms with E-state index in [9.17, 15) is 0 Å². The fourth-order valence-electron chi connectivity index (χ4n) is 2.83. The molecule has 0 aliphatic carbocycles. The summed E-state index contributed by atoms with van der Waals surface area (Å²) in [6, 6.07) is 6.69. The zero-order valence-corrected chi connectivity index (χ0v) is 13.7. The first-order chi connectivity index (χ1) is 10.2. The van der Waals surface area contributed by atoms with Crippen molar-refractivity contribution in [3.8, 4) is 0 Å². The van der Waals surface area contributed by atoms with Crippen molar-refractivity contribution in [2.75, 3.05) is 50.8 Å². The van der Waals surface area contributed by atoms with Crippen molar-refractivity contribution in [1.82, 2.24) is 10.2 Å². The number of hydrogen-bond acceptors (Lipinski definition) is 4. The predicted octanol–water partition coefficient (Wildman–Crippen LogP) is 2.12. The Bertz CT molecular complexity index is 447. The lowest BCUT2D eigenvalue weighted by Crippen LogP contribution is -2.47. The molecule has 1 heterocycles. The van der Waals surface area contributed by atoms with Crippen molar-refractivity contribution < 1.29 is 5.11 Å². The number of piperazine rings is 1. The average molecular weight is 312 g/mol. The molecule has 0 radical (unpaired) electrons. The van der Waals surface area contributed by atoms with Crippen molar-refractivity contribution >= 4 is 17.3 Å². The summed E-state index contributed by atoms with van der Waals surface area (Å²) in [4.78, 5) is 4.61. The molecule has 0 bridgehead atoms. The first-order valence-corrected chi connectivity index (χ1v) is 8.14. The molecule has 1 aromatic carbocycles. The molecule has 2 N–H and O–H groups in total. The fraction of sp³-hybridized carbons (Fsp3) is 0.625. The third-order valence-electron chi connectivity index (χ3n) is 4.11. The van der Waals surface area contributed by atoms with Crippen LogP contribution in [0.3, 0.4) is 0 Å². The van der Waals surface area contributed by atoms with Crippen LogP contribution < -0.4 is 10.2 Å². The van der Waals surface area contributed by atoms with Crippen LogP contribution in [0, 0.1) is 0 Å². The van der Waals surface area contributed by atoms with Crippen LogP contribution in [0.5, 0.6) is 0 Å². The summed E-state index contributed by atoms with van der Waals surface area (Å²) in [6.45, 7) is 10.1. The lowest BCUT2D eigenvalue weighted by Gasteiger charge is -2.36. The minimum atomic E-state index is 0.234. The number of nitrogens with one attached hydrogen (secondary N) is 1. The molecule has 4 nitrogen and oxygen atoms in total. The summed E-state index contributed by atoms with van der Waals surface area (Å²) in [5.74, 6) is 0. The van der Waals surface area contributed by atoms with Crippen LogP contribution in [0.15, 0.2) is 18.2 Å². The van der Waals surface area contributed by atoms with E-state index in [0.717, 1.165) is 50.0 Å². The molecule has 21 heavy (non-hydrogen) atoms. The van der Waals surface area contributed by atoms with Crippen LogP contribution in [-0.4, -0.2) is 55.9 Å². The van der Waals surface area contributed by atoms with Crippen molar-refractivity contribution in [2.45, 2.75) is 19.9 Å². The van der Waals surface area contributed by atoms with Gasteiger partial charge in [-0.1, -0.05) is 24.6 Å². The average Bonchev–Trinajstić information content (AvgIpc) is 2.49. The highest BCUT2D eigenvalue weighted by Gasteiger charge is 2.19. The molecule has 1 aliphatic rings. The lowest BCUT2D eigenvalue weighted by molar-refractivity contribution is 0.189. The first kappa shape index (κ1) is 16.6. The van der Waals surface area contributed by atoms with Crippen molar-refractivity contribution in [1.29, 1.82) is 0 Å². The second kappa shape index (κ2) is 7.99. The van der Waals surface area contributed by atoms with Gasteiger partial charge in [0.25, 0.3) is 0 Å². The van der Waals surface area contributed by atoms with E-state index in [1.165, 1.54) is 5.56 Å². The summed E-state index contributed by atoms with van der Waals surface area (Å²) in [6.07, 6.45) is 0. The van der Waals surface area contributed by atoms with Gasteiger partial charge in [0.1, 0.15) is 0 Å². The Labute approximate surface area is 132 Å². The van der Waals surface area contributed by atoms with Gasteiger partial charge in [-0.3, -0.25) is 4.90 Å². The number of halogens is 1. The second-order valence-electron chi connectivity index (χ2n) is 5.54.